The topological polar surface area (TPSA) is 73.9 Å². The lowest BCUT2D eigenvalue weighted by Gasteiger charge is -2.36. The molecule has 4 rings (SSSR count). The summed E-state index contributed by atoms with van der Waals surface area (Å²) in [6.07, 6.45) is 0.954. The normalized spacial score (nSPS) is 13.9. The van der Waals surface area contributed by atoms with Crippen LogP contribution in [0.1, 0.15) is 28.3 Å². The molecule has 1 aliphatic rings. The van der Waals surface area contributed by atoms with Crippen LogP contribution in [0.15, 0.2) is 72.8 Å². The molecular weight excluding hydrogens is 452 g/mol. The van der Waals surface area contributed by atoms with Crippen molar-refractivity contribution in [3.05, 3.63) is 95.1 Å². The number of benzene rings is 3. The largest absolute Gasteiger partial charge is 0.496 e. The number of ether oxygens (including phenoxy) is 1. The second-order valence-corrected chi connectivity index (χ2v) is 9.20. The lowest BCUT2D eigenvalue weighted by atomic mass is 9.96. The van der Waals surface area contributed by atoms with Gasteiger partial charge in [-0.15, -0.1) is 0 Å². The fraction of sp³-hybridized carbons (Fsp3) is 0.310. The van der Waals surface area contributed by atoms with E-state index in [0.29, 0.717) is 12.3 Å². The fourth-order valence-electron chi connectivity index (χ4n) is 4.61. The molecular formula is C29H34N4O3. The number of para-hydroxylation sites is 1. The van der Waals surface area contributed by atoms with Crippen molar-refractivity contribution in [1.82, 2.24) is 15.5 Å². The molecule has 1 atom stereocenters. The summed E-state index contributed by atoms with van der Waals surface area (Å²) in [5.74, 6) is -0.631. The van der Waals surface area contributed by atoms with Gasteiger partial charge in [0.25, 0.3) is 0 Å². The summed E-state index contributed by atoms with van der Waals surface area (Å²) in [7, 11) is 5.60. The van der Waals surface area contributed by atoms with E-state index in [1.165, 1.54) is 11.1 Å². The quantitative estimate of drug-likeness (QED) is 0.478. The van der Waals surface area contributed by atoms with E-state index in [4.69, 9.17) is 4.74 Å². The minimum atomic E-state index is -0.661. The van der Waals surface area contributed by atoms with Crippen LogP contribution in [0.3, 0.4) is 0 Å². The zero-order valence-corrected chi connectivity index (χ0v) is 21.2. The molecule has 36 heavy (non-hydrogen) atoms. The first kappa shape index (κ1) is 25.3. The van der Waals surface area contributed by atoms with Crippen molar-refractivity contribution in [3.63, 3.8) is 0 Å². The molecule has 1 unspecified atom stereocenters. The van der Waals surface area contributed by atoms with E-state index in [1.54, 1.807) is 7.11 Å². The Morgan fingerprint density at radius 3 is 2.31 bits per heavy atom. The number of carbonyl (C=O) groups is 2. The summed E-state index contributed by atoms with van der Waals surface area (Å²) in [4.78, 5) is 29.7. The lowest BCUT2D eigenvalue weighted by molar-refractivity contribution is -0.139. The van der Waals surface area contributed by atoms with Crippen molar-refractivity contribution < 1.29 is 14.3 Å². The zero-order chi connectivity index (χ0) is 25.5. The van der Waals surface area contributed by atoms with E-state index in [9.17, 15) is 9.59 Å². The highest BCUT2D eigenvalue weighted by Crippen LogP contribution is 2.28. The summed E-state index contributed by atoms with van der Waals surface area (Å²) in [5, 5.41) is 5.57. The Kier molecular flexibility index (Phi) is 8.23. The highest BCUT2D eigenvalue weighted by Gasteiger charge is 2.26. The molecule has 0 saturated carbocycles. The van der Waals surface area contributed by atoms with Crippen LogP contribution >= 0.6 is 0 Å². The number of fused-ring (bicyclic) bond motifs is 1. The van der Waals surface area contributed by atoms with Gasteiger partial charge in [-0.25, -0.2) is 0 Å². The van der Waals surface area contributed by atoms with Gasteiger partial charge in [0.05, 0.1) is 13.2 Å². The molecule has 7 nitrogen and oxygen atoms in total. The third-order valence-corrected chi connectivity index (χ3v) is 6.69. The number of hydrogen-bond acceptors (Lipinski definition) is 5. The molecule has 0 bridgehead atoms. The summed E-state index contributed by atoms with van der Waals surface area (Å²) >= 11 is 0. The third kappa shape index (κ3) is 6.04. The maximum atomic E-state index is 12.7. The van der Waals surface area contributed by atoms with Crippen LogP contribution < -0.4 is 20.3 Å². The molecule has 0 aromatic heterocycles. The van der Waals surface area contributed by atoms with Crippen molar-refractivity contribution in [2.75, 3.05) is 39.2 Å². The van der Waals surface area contributed by atoms with E-state index in [0.717, 1.165) is 36.3 Å². The summed E-state index contributed by atoms with van der Waals surface area (Å²) in [6.45, 7) is 2.23. The Morgan fingerprint density at radius 1 is 0.917 bits per heavy atom. The second kappa shape index (κ2) is 11.7. The molecule has 2 N–H and O–H groups in total. The molecule has 0 spiro atoms. The maximum absolute atomic E-state index is 12.7. The van der Waals surface area contributed by atoms with Crippen LogP contribution in [-0.4, -0.2) is 51.0 Å². The highest BCUT2D eigenvalue weighted by atomic mass is 16.5. The van der Waals surface area contributed by atoms with E-state index in [-0.39, 0.29) is 12.6 Å². The van der Waals surface area contributed by atoms with Crippen molar-refractivity contribution in [2.24, 2.45) is 0 Å². The Hall–Kier alpha value is -3.84. The van der Waals surface area contributed by atoms with Crippen LogP contribution in [0.25, 0.3) is 0 Å². The van der Waals surface area contributed by atoms with Crippen molar-refractivity contribution in [3.8, 4) is 5.75 Å². The van der Waals surface area contributed by atoms with Crippen molar-refractivity contribution in [1.29, 1.82) is 0 Å². The van der Waals surface area contributed by atoms with Gasteiger partial charge in [0.15, 0.2) is 0 Å². The summed E-state index contributed by atoms with van der Waals surface area (Å²) in [5.41, 5.74) is 5.71. The van der Waals surface area contributed by atoms with Gasteiger partial charge in [-0.2, -0.15) is 0 Å². The fourth-order valence-corrected chi connectivity index (χ4v) is 4.61. The Morgan fingerprint density at radius 2 is 1.58 bits per heavy atom. The molecule has 2 amide bonds. The van der Waals surface area contributed by atoms with Crippen LogP contribution in [0.5, 0.6) is 5.75 Å². The van der Waals surface area contributed by atoms with Gasteiger partial charge in [0, 0.05) is 51.5 Å². The molecule has 7 heteroatoms. The lowest BCUT2D eigenvalue weighted by Crippen LogP contribution is -2.45. The van der Waals surface area contributed by atoms with Crippen molar-refractivity contribution in [2.45, 2.75) is 25.6 Å². The molecule has 0 saturated heterocycles. The smallest absolute Gasteiger partial charge is 0.309 e. The maximum Gasteiger partial charge on any atom is 0.309 e. The average Bonchev–Trinajstić information content (AvgIpc) is 2.92. The second-order valence-electron chi connectivity index (χ2n) is 9.20. The first-order chi connectivity index (χ1) is 17.5. The van der Waals surface area contributed by atoms with Crippen LogP contribution in [0, 0.1) is 0 Å². The van der Waals surface area contributed by atoms with Gasteiger partial charge >= 0.3 is 11.8 Å². The van der Waals surface area contributed by atoms with E-state index in [1.807, 2.05) is 38.4 Å². The third-order valence-electron chi connectivity index (χ3n) is 6.69. The number of methoxy groups -OCH3 is 1. The number of nitrogens with zero attached hydrogens (tertiary/aromatic N) is 2. The predicted molar refractivity (Wildman–Crippen MR) is 142 cm³/mol. The predicted octanol–water partition coefficient (Wildman–Crippen LogP) is 3.29. The number of amides is 2. The molecule has 3 aromatic carbocycles. The van der Waals surface area contributed by atoms with Gasteiger partial charge in [0.1, 0.15) is 5.75 Å². The van der Waals surface area contributed by atoms with Gasteiger partial charge in [-0.3, -0.25) is 14.5 Å². The number of anilines is 1. The van der Waals surface area contributed by atoms with Gasteiger partial charge < -0.3 is 20.3 Å². The molecule has 3 aromatic rings. The molecule has 0 radical (unpaired) electrons. The minimum absolute atomic E-state index is 0.0551. The molecule has 1 heterocycles. The van der Waals surface area contributed by atoms with Crippen LogP contribution in [0.4, 0.5) is 5.69 Å². The van der Waals surface area contributed by atoms with Gasteiger partial charge in [-0.05, 0) is 41.3 Å². The van der Waals surface area contributed by atoms with Gasteiger partial charge in [-0.1, -0.05) is 54.6 Å². The molecule has 188 valence electrons. The number of carbonyl (C=O) groups excluding carboxylic acids is 2. The monoisotopic (exact) mass is 486 g/mol. The molecule has 0 aliphatic carbocycles. The standard InChI is InChI=1S/C29H34N4O3/c1-32(2)25-14-12-22(13-15-25)26(33-17-16-21-8-4-5-10-24(21)20-33)19-31-29(35)28(34)30-18-23-9-6-7-11-27(23)36-3/h4-15,26H,16-20H2,1-3H3,(H,30,34)(H,31,35). The highest BCUT2D eigenvalue weighted by molar-refractivity contribution is 6.35. The number of rotatable bonds is 8. The minimum Gasteiger partial charge on any atom is -0.496 e. The van der Waals surface area contributed by atoms with Crippen LogP contribution in [-0.2, 0) is 29.1 Å². The van der Waals surface area contributed by atoms with Crippen molar-refractivity contribution >= 4 is 17.5 Å². The molecule has 0 fully saturated rings. The zero-order valence-electron chi connectivity index (χ0n) is 21.2. The Balaban J connectivity index is 1.44. The SMILES string of the molecule is COc1ccccc1CNC(=O)C(=O)NCC(c1ccc(N(C)C)cc1)N1CCc2ccccc2C1. The summed E-state index contributed by atoms with van der Waals surface area (Å²) in [6, 6.07) is 24.2. The van der Waals surface area contributed by atoms with E-state index in [2.05, 4.69) is 69.0 Å². The first-order valence-corrected chi connectivity index (χ1v) is 12.2. The Labute approximate surface area is 213 Å². The first-order valence-electron chi connectivity index (χ1n) is 12.2. The van der Waals surface area contributed by atoms with Crippen LogP contribution in [0.2, 0.25) is 0 Å². The van der Waals surface area contributed by atoms with Gasteiger partial charge in [0.2, 0.25) is 0 Å². The van der Waals surface area contributed by atoms with E-state index < -0.39 is 11.8 Å². The van der Waals surface area contributed by atoms with E-state index >= 15 is 0 Å². The average molecular weight is 487 g/mol. The Bertz CT molecular complexity index is 1190. The molecule has 1 aliphatic heterocycles. The number of nitrogens with one attached hydrogen (secondary N) is 2. The number of hydrogen-bond donors (Lipinski definition) is 2. The summed E-state index contributed by atoms with van der Waals surface area (Å²) < 4.78 is 5.32.